The molecule has 0 saturated carbocycles. The highest BCUT2D eigenvalue weighted by molar-refractivity contribution is 9.11. The van der Waals surface area contributed by atoms with E-state index in [1.54, 1.807) is 11.3 Å². The van der Waals surface area contributed by atoms with Crippen LogP contribution in [-0.2, 0) is 6.54 Å². The van der Waals surface area contributed by atoms with Crippen molar-refractivity contribution < 1.29 is 9.72 Å². The van der Waals surface area contributed by atoms with E-state index in [1.807, 2.05) is 12.1 Å². The lowest BCUT2D eigenvalue weighted by molar-refractivity contribution is -0.384. The van der Waals surface area contributed by atoms with E-state index in [1.165, 1.54) is 25.2 Å². The van der Waals surface area contributed by atoms with Crippen molar-refractivity contribution in [3.8, 4) is 0 Å². The van der Waals surface area contributed by atoms with Gasteiger partial charge in [0.25, 0.3) is 11.6 Å². The number of halogens is 1. The van der Waals surface area contributed by atoms with Gasteiger partial charge in [-0.1, -0.05) is 0 Å². The van der Waals surface area contributed by atoms with Gasteiger partial charge in [-0.3, -0.25) is 14.9 Å². The lowest BCUT2D eigenvalue weighted by atomic mass is 10.1. The Morgan fingerprint density at radius 1 is 1.38 bits per heavy atom. The highest BCUT2D eigenvalue weighted by Gasteiger charge is 2.16. The van der Waals surface area contributed by atoms with Crippen molar-refractivity contribution in [3.05, 3.63) is 54.7 Å². The number of nitro groups is 1. The molecule has 0 bridgehead atoms. The SMILES string of the molecule is CNC(=O)c1ccc([N+](=O)[O-])c(NCc2ccc(Br)s2)c1. The Labute approximate surface area is 133 Å². The van der Waals surface area contributed by atoms with Gasteiger partial charge < -0.3 is 10.6 Å². The van der Waals surface area contributed by atoms with Gasteiger partial charge in [-0.15, -0.1) is 11.3 Å². The van der Waals surface area contributed by atoms with Gasteiger partial charge in [0.1, 0.15) is 5.69 Å². The first kappa shape index (κ1) is 15.5. The van der Waals surface area contributed by atoms with Crippen LogP contribution in [0.3, 0.4) is 0 Å². The number of nitro benzene ring substituents is 1. The second kappa shape index (κ2) is 6.68. The molecule has 2 rings (SSSR count). The van der Waals surface area contributed by atoms with E-state index in [0.29, 0.717) is 17.8 Å². The second-order valence-electron chi connectivity index (χ2n) is 4.13. The molecule has 0 unspecified atom stereocenters. The smallest absolute Gasteiger partial charge is 0.292 e. The quantitative estimate of drug-likeness (QED) is 0.624. The summed E-state index contributed by atoms with van der Waals surface area (Å²) < 4.78 is 0.993. The van der Waals surface area contributed by atoms with Gasteiger partial charge >= 0.3 is 0 Å². The molecular weight excluding hydrogens is 358 g/mol. The lowest BCUT2D eigenvalue weighted by Gasteiger charge is -2.08. The molecule has 1 aromatic carbocycles. The van der Waals surface area contributed by atoms with Gasteiger partial charge in [0.15, 0.2) is 0 Å². The average Bonchev–Trinajstić information content (AvgIpc) is 2.89. The fourth-order valence-electron chi connectivity index (χ4n) is 1.75. The standard InChI is InChI=1S/C13H12BrN3O3S/c1-15-13(18)8-2-4-11(17(19)20)10(6-8)16-7-9-3-5-12(14)21-9/h2-6,16H,7H2,1H3,(H,15,18). The highest BCUT2D eigenvalue weighted by Crippen LogP contribution is 2.28. The molecule has 1 aromatic heterocycles. The van der Waals surface area contributed by atoms with Crippen LogP contribution in [-0.4, -0.2) is 17.9 Å². The normalized spacial score (nSPS) is 10.2. The number of benzene rings is 1. The summed E-state index contributed by atoms with van der Waals surface area (Å²) in [7, 11) is 1.51. The van der Waals surface area contributed by atoms with Crippen LogP contribution in [0.15, 0.2) is 34.1 Å². The maximum atomic E-state index is 11.6. The van der Waals surface area contributed by atoms with Gasteiger partial charge in [-0.05, 0) is 40.2 Å². The second-order valence-corrected chi connectivity index (χ2v) is 6.68. The Hall–Kier alpha value is -1.93. The van der Waals surface area contributed by atoms with Crippen molar-refractivity contribution in [1.82, 2.24) is 5.32 Å². The fraction of sp³-hybridized carbons (Fsp3) is 0.154. The molecule has 2 aromatic rings. The molecule has 0 saturated heterocycles. The zero-order valence-corrected chi connectivity index (χ0v) is 13.5. The Morgan fingerprint density at radius 2 is 2.14 bits per heavy atom. The number of hydrogen-bond donors (Lipinski definition) is 2. The number of nitrogens with one attached hydrogen (secondary N) is 2. The van der Waals surface area contributed by atoms with Crippen molar-refractivity contribution in [2.45, 2.75) is 6.54 Å². The van der Waals surface area contributed by atoms with Gasteiger partial charge in [-0.25, -0.2) is 0 Å². The summed E-state index contributed by atoms with van der Waals surface area (Å²) in [5.41, 5.74) is 0.641. The third kappa shape index (κ3) is 3.79. The summed E-state index contributed by atoms with van der Waals surface area (Å²) in [6.07, 6.45) is 0. The molecule has 0 fully saturated rings. The summed E-state index contributed by atoms with van der Waals surface area (Å²) in [5, 5.41) is 16.6. The van der Waals surface area contributed by atoms with Crippen LogP contribution in [0.25, 0.3) is 0 Å². The molecule has 0 radical (unpaired) electrons. The molecule has 0 aliphatic carbocycles. The zero-order chi connectivity index (χ0) is 15.4. The number of nitrogens with zero attached hydrogens (tertiary/aromatic N) is 1. The summed E-state index contributed by atoms with van der Waals surface area (Å²) in [4.78, 5) is 23.2. The Bertz CT molecular complexity index is 687. The molecular formula is C13H12BrN3O3S. The Kier molecular flexibility index (Phi) is 4.92. The minimum absolute atomic E-state index is 0.0572. The monoisotopic (exact) mass is 369 g/mol. The van der Waals surface area contributed by atoms with Crippen molar-refractivity contribution >= 4 is 44.5 Å². The fourth-order valence-corrected chi connectivity index (χ4v) is 3.17. The molecule has 21 heavy (non-hydrogen) atoms. The molecule has 1 amide bonds. The Morgan fingerprint density at radius 3 is 2.71 bits per heavy atom. The summed E-state index contributed by atoms with van der Waals surface area (Å²) >= 11 is 4.91. The summed E-state index contributed by atoms with van der Waals surface area (Å²) in [6, 6.07) is 8.09. The van der Waals surface area contributed by atoms with E-state index in [2.05, 4.69) is 26.6 Å². The lowest BCUT2D eigenvalue weighted by Crippen LogP contribution is -2.18. The van der Waals surface area contributed by atoms with E-state index in [-0.39, 0.29) is 11.6 Å². The van der Waals surface area contributed by atoms with Crippen LogP contribution >= 0.6 is 27.3 Å². The van der Waals surface area contributed by atoms with E-state index in [0.717, 1.165) is 8.66 Å². The van der Waals surface area contributed by atoms with E-state index in [9.17, 15) is 14.9 Å². The van der Waals surface area contributed by atoms with Crippen molar-refractivity contribution in [2.24, 2.45) is 0 Å². The topological polar surface area (TPSA) is 84.3 Å². The summed E-state index contributed by atoms with van der Waals surface area (Å²) in [6.45, 7) is 0.453. The number of thiophene rings is 1. The van der Waals surface area contributed by atoms with Crippen LogP contribution in [0, 0.1) is 10.1 Å². The minimum Gasteiger partial charge on any atom is -0.375 e. The van der Waals surface area contributed by atoms with Crippen LogP contribution in [0.2, 0.25) is 0 Å². The highest BCUT2D eigenvalue weighted by atomic mass is 79.9. The molecule has 6 nitrogen and oxygen atoms in total. The molecule has 0 aliphatic rings. The molecule has 1 heterocycles. The first-order chi connectivity index (χ1) is 10.0. The zero-order valence-electron chi connectivity index (χ0n) is 11.1. The van der Waals surface area contributed by atoms with E-state index < -0.39 is 4.92 Å². The van der Waals surface area contributed by atoms with E-state index in [4.69, 9.17) is 0 Å². The minimum atomic E-state index is -0.472. The first-order valence-corrected chi connectivity index (χ1v) is 7.61. The third-order valence-corrected chi connectivity index (χ3v) is 4.39. The average molecular weight is 370 g/mol. The van der Waals surface area contributed by atoms with Crippen LogP contribution < -0.4 is 10.6 Å². The van der Waals surface area contributed by atoms with Gasteiger partial charge in [-0.2, -0.15) is 0 Å². The molecule has 0 atom stereocenters. The predicted octanol–water partition coefficient (Wildman–Crippen LogP) is 3.39. The third-order valence-electron chi connectivity index (χ3n) is 2.76. The predicted molar refractivity (Wildman–Crippen MR) is 85.8 cm³/mol. The number of anilines is 1. The van der Waals surface area contributed by atoms with Gasteiger partial charge in [0.05, 0.1) is 8.71 Å². The molecule has 2 N–H and O–H groups in total. The number of rotatable bonds is 5. The van der Waals surface area contributed by atoms with Gasteiger partial charge in [0, 0.05) is 30.1 Å². The number of carbonyl (C=O) groups is 1. The van der Waals surface area contributed by atoms with Crippen molar-refractivity contribution in [3.63, 3.8) is 0 Å². The Balaban J connectivity index is 2.25. The van der Waals surface area contributed by atoms with Gasteiger partial charge in [0.2, 0.25) is 0 Å². The number of amides is 1. The maximum Gasteiger partial charge on any atom is 0.292 e. The largest absolute Gasteiger partial charge is 0.375 e. The summed E-state index contributed by atoms with van der Waals surface area (Å²) in [5.74, 6) is -0.285. The molecule has 110 valence electrons. The maximum absolute atomic E-state index is 11.6. The van der Waals surface area contributed by atoms with Crippen LogP contribution in [0.4, 0.5) is 11.4 Å². The van der Waals surface area contributed by atoms with E-state index >= 15 is 0 Å². The van der Waals surface area contributed by atoms with Crippen molar-refractivity contribution in [2.75, 3.05) is 12.4 Å². The number of carbonyl (C=O) groups excluding carboxylic acids is 1. The molecule has 0 aliphatic heterocycles. The molecule has 0 spiro atoms. The molecule has 8 heteroatoms. The van der Waals surface area contributed by atoms with Crippen LogP contribution in [0.1, 0.15) is 15.2 Å². The van der Waals surface area contributed by atoms with Crippen molar-refractivity contribution in [1.29, 1.82) is 0 Å². The van der Waals surface area contributed by atoms with Crippen LogP contribution in [0.5, 0.6) is 0 Å². The number of hydrogen-bond acceptors (Lipinski definition) is 5. The first-order valence-electron chi connectivity index (χ1n) is 6.00.